The molecule has 29 heavy (non-hydrogen) atoms. The fourth-order valence-corrected chi connectivity index (χ4v) is 3.81. The monoisotopic (exact) mass is 414 g/mol. The summed E-state index contributed by atoms with van der Waals surface area (Å²) >= 11 is 0. The second-order valence-electron chi connectivity index (χ2n) is 7.40. The minimum absolute atomic E-state index is 0.0727. The first-order chi connectivity index (χ1) is 13.7. The van der Waals surface area contributed by atoms with Gasteiger partial charge in [-0.05, 0) is 44.1 Å². The number of carboxylic acids is 1. The molecule has 0 unspecified atom stereocenters. The van der Waals surface area contributed by atoms with E-state index in [1.807, 2.05) is 0 Å². The predicted molar refractivity (Wildman–Crippen MR) is 102 cm³/mol. The van der Waals surface area contributed by atoms with Crippen LogP contribution in [0.2, 0.25) is 0 Å². The number of nitrogens with one attached hydrogen (secondary N) is 2. The maximum atomic E-state index is 13.6. The van der Waals surface area contributed by atoms with Crippen LogP contribution in [0.3, 0.4) is 0 Å². The molecular formula is C19H25F3N4O3. The molecule has 0 saturated carbocycles. The van der Waals surface area contributed by atoms with E-state index >= 15 is 0 Å². The zero-order valence-corrected chi connectivity index (χ0v) is 16.0. The highest BCUT2D eigenvalue weighted by Gasteiger charge is 2.36. The van der Waals surface area contributed by atoms with Gasteiger partial charge in [0.25, 0.3) is 0 Å². The Morgan fingerprint density at radius 3 is 2.38 bits per heavy atom. The lowest BCUT2D eigenvalue weighted by Gasteiger charge is -2.32. The number of amides is 1. The minimum atomic E-state index is -4.52. The van der Waals surface area contributed by atoms with Gasteiger partial charge in [-0.2, -0.15) is 13.2 Å². The van der Waals surface area contributed by atoms with Crippen LogP contribution in [0, 0.1) is 5.92 Å². The van der Waals surface area contributed by atoms with Crippen LogP contribution < -0.4 is 15.5 Å². The molecule has 2 aliphatic heterocycles. The number of piperidine rings is 1. The molecule has 1 aromatic carbocycles. The molecule has 2 aliphatic rings. The van der Waals surface area contributed by atoms with Gasteiger partial charge in [-0.1, -0.05) is 0 Å². The quantitative estimate of drug-likeness (QED) is 0.682. The number of halogens is 3. The van der Waals surface area contributed by atoms with Crippen molar-refractivity contribution in [3.8, 4) is 0 Å². The first kappa shape index (κ1) is 21.4. The van der Waals surface area contributed by atoms with Crippen molar-refractivity contribution in [3.63, 3.8) is 0 Å². The van der Waals surface area contributed by atoms with E-state index in [9.17, 15) is 22.8 Å². The summed E-state index contributed by atoms with van der Waals surface area (Å²) in [5.41, 5.74) is -0.512. The van der Waals surface area contributed by atoms with E-state index in [-0.39, 0.29) is 29.7 Å². The zero-order chi connectivity index (χ0) is 21.0. The molecule has 0 aliphatic carbocycles. The molecule has 0 radical (unpaired) electrons. The Morgan fingerprint density at radius 1 is 1.14 bits per heavy atom. The Labute approximate surface area is 166 Å². The first-order valence-corrected chi connectivity index (χ1v) is 9.66. The number of alkyl halides is 3. The summed E-state index contributed by atoms with van der Waals surface area (Å²) in [7, 11) is 0. The van der Waals surface area contributed by atoms with Gasteiger partial charge >= 0.3 is 12.1 Å². The molecule has 0 atom stereocenters. The molecule has 0 aromatic heterocycles. The van der Waals surface area contributed by atoms with Crippen LogP contribution in [0.1, 0.15) is 18.4 Å². The van der Waals surface area contributed by atoms with Crippen LogP contribution in [0.25, 0.3) is 0 Å². The van der Waals surface area contributed by atoms with Crippen LogP contribution in [0.4, 0.5) is 24.5 Å². The van der Waals surface area contributed by atoms with Gasteiger partial charge in [0.05, 0.1) is 12.1 Å². The number of benzene rings is 1. The van der Waals surface area contributed by atoms with Crippen LogP contribution in [0.15, 0.2) is 18.2 Å². The maximum absolute atomic E-state index is 13.6. The second-order valence-corrected chi connectivity index (χ2v) is 7.40. The van der Waals surface area contributed by atoms with E-state index in [0.29, 0.717) is 52.1 Å². The van der Waals surface area contributed by atoms with Crippen LogP contribution in [-0.2, 0) is 15.8 Å². The van der Waals surface area contributed by atoms with Crippen LogP contribution in [0.5, 0.6) is 0 Å². The molecule has 0 bridgehead atoms. The lowest BCUT2D eigenvalue weighted by molar-refractivity contribution is -0.139. The lowest BCUT2D eigenvalue weighted by Crippen LogP contribution is -2.44. The van der Waals surface area contributed by atoms with Crippen molar-refractivity contribution in [2.45, 2.75) is 19.0 Å². The topological polar surface area (TPSA) is 84.9 Å². The van der Waals surface area contributed by atoms with Crippen LogP contribution >= 0.6 is 0 Å². The average Bonchev–Trinajstić information content (AvgIpc) is 2.68. The third-order valence-electron chi connectivity index (χ3n) is 5.34. The van der Waals surface area contributed by atoms with Gasteiger partial charge in [-0.25, -0.2) is 0 Å². The number of anilines is 2. The lowest BCUT2D eigenvalue weighted by atomic mass is 9.95. The molecule has 2 heterocycles. The third kappa shape index (κ3) is 5.60. The molecular weight excluding hydrogens is 389 g/mol. The van der Waals surface area contributed by atoms with Crippen molar-refractivity contribution in [1.29, 1.82) is 0 Å². The van der Waals surface area contributed by atoms with Crippen molar-refractivity contribution in [2.24, 2.45) is 5.92 Å². The van der Waals surface area contributed by atoms with E-state index in [1.165, 1.54) is 12.1 Å². The molecule has 1 amide bonds. The molecule has 160 valence electrons. The summed E-state index contributed by atoms with van der Waals surface area (Å²) in [5.74, 6) is -1.59. The molecule has 2 saturated heterocycles. The summed E-state index contributed by atoms with van der Waals surface area (Å²) in [6.07, 6.45) is -3.57. The first-order valence-electron chi connectivity index (χ1n) is 9.66. The Hall–Kier alpha value is -2.33. The average molecular weight is 414 g/mol. The van der Waals surface area contributed by atoms with Crippen molar-refractivity contribution < 1.29 is 27.9 Å². The number of carbonyl (C=O) groups excluding carboxylic acids is 1. The van der Waals surface area contributed by atoms with Gasteiger partial charge in [0.2, 0.25) is 5.91 Å². The highest BCUT2D eigenvalue weighted by molar-refractivity contribution is 5.93. The maximum Gasteiger partial charge on any atom is 0.418 e. The van der Waals surface area contributed by atoms with E-state index < -0.39 is 17.7 Å². The summed E-state index contributed by atoms with van der Waals surface area (Å²) in [5, 5.41) is 14.5. The largest absolute Gasteiger partial charge is 0.480 e. The molecule has 2 fully saturated rings. The normalized spacial score (nSPS) is 19.2. The molecule has 7 nitrogen and oxygen atoms in total. The van der Waals surface area contributed by atoms with E-state index in [2.05, 4.69) is 10.6 Å². The Balaban J connectivity index is 1.68. The van der Waals surface area contributed by atoms with E-state index in [0.717, 1.165) is 6.07 Å². The Morgan fingerprint density at radius 2 is 1.79 bits per heavy atom. The fourth-order valence-electron chi connectivity index (χ4n) is 3.81. The number of carboxylic acid groups (broad SMARTS) is 1. The van der Waals surface area contributed by atoms with Gasteiger partial charge in [-0.3, -0.25) is 14.5 Å². The van der Waals surface area contributed by atoms with Crippen molar-refractivity contribution in [2.75, 3.05) is 56.0 Å². The predicted octanol–water partition coefficient (Wildman–Crippen LogP) is 1.85. The van der Waals surface area contributed by atoms with E-state index in [1.54, 1.807) is 9.80 Å². The number of likely N-dealkylation sites (tertiary alicyclic amines) is 1. The number of hydrogen-bond donors (Lipinski definition) is 3. The highest BCUT2D eigenvalue weighted by atomic mass is 19.4. The van der Waals surface area contributed by atoms with Gasteiger partial charge in [0, 0.05) is 43.5 Å². The number of aliphatic carboxylic acids is 1. The number of rotatable bonds is 5. The fraction of sp³-hybridized carbons (Fsp3) is 0.579. The molecule has 3 N–H and O–H groups in total. The summed E-state index contributed by atoms with van der Waals surface area (Å²) in [4.78, 5) is 26.7. The van der Waals surface area contributed by atoms with Crippen molar-refractivity contribution in [1.82, 2.24) is 10.2 Å². The highest BCUT2D eigenvalue weighted by Crippen LogP contribution is 2.38. The SMILES string of the molecule is O=C(O)CN1CCC(C(=O)Nc2ccc(N3CCNCC3)c(C(F)(F)F)c2)CC1. The summed E-state index contributed by atoms with van der Waals surface area (Å²) in [6, 6.07) is 3.91. The molecule has 3 rings (SSSR count). The zero-order valence-electron chi connectivity index (χ0n) is 16.0. The molecule has 10 heteroatoms. The third-order valence-corrected chi connectivity index (χ3v) is 5.34. The van der Waals surface area contributed by atoms with Crippen LogP contribution in [-0.4, -0.2) is 67.7 Å². The number of nitrogens with zero attached hydrogens (tertiary/aromatic N) is 2. The minimum Gasteiger partial charge on any atom is -0.480 e. The standard InChI is InChI=1S/C19H25F3N4O3/c20-19(21,22)15-11-14(1-2-16(15)26-9-5-23-6-10-26)24-18(29)13-3-7-25(8-4-13)12-17(27)28/h1-2,11,13,23H,3-10,12H2,(H,24,29)(H,27,28). The summed E-state index contributed by atoms with van der Waals surface area (Å²) in [6.45, 7) is 3.09. The second kappa shape index (κ2) is 9.00. The Bertz CT molecular complexity index is 743. The van der Waals surface area contributed by atoms with Crippen molar-refractivity contribution in [3.05, 3.63) is 23.8 Å². The number of piperazine rings is 1. The summed E-state index contributed by atoms with van der Waals surface area (Å²) < 4.78 is 40.8. The van der Waals surface area contributed by atoms with Gasteiger partial charge < -0.3 is 20.6 Å². The van der Waals surface area contributed by atoms with Gasteiger partial charge in [0.15, 0.2) is 0 Å². The van der Waals surface area contributed by atoms with Gasteiger partial charge in [-0.15, -0.1) is 0 Å². The number of hydrogen-bond acceptors (Lipinski definition) is 5. The number of carbonyl (C=O) groups is 2. The Kier molecular flexibility index (Phi) is 6.63. The molecule has 1 aromatic rings. The van der Waals surface area contributed by atoms with Crippen molar-refractivity contribution >= 4 is 23.3 Å². The van der Waals surface area contributed by atoms with Gasteiger partial charge in [0.1, 0.15) is 0 Å². The molecule has 0 spiro atoms. The van der Waals surface area contributed by atoms with E-state index in [4.69, 9.17) is 5.11 Å². The smallest absolute Gasteiger partial charge is 0.418 e.